The number of hydrogen-bond donors (Lipinski definition) is 0. The van der Waals surface area contributed by atoms with E-state index in [-0.39, 0.29) is 10.8 Å². The molecule has 0 heterocycles. The molecule has 2 heteroatoms. The summed E-state index contributed by atoms with van der Waals surface area (Å²) in [6.07, 6.45) is 10.0. The van der Waals surface area contributed by atoms with Crippen LogP contribution >= 0.6 is 0 Å². The fraction of sp³-hybridized carbons (Fsp3) is 0.304. The first-order valence-corrected chi connectivity index (χ1v) is 8.92. The molecule has 1 fully saturated rings. The quantitative estimate of drug-likeness (QED) is 0.683. The first-order chi connectivity index (χ1) is 12.3. The van der Waals surface area contributed by atoms with Crippen molar-refractivity contribution in [3.63, 3.8) is 0 Å². The molecule has 1 spiro atoms. The zero-order chi connectivity index (χ0) is 17.0. The molecule has 2 aromatic rings. The monoisotopic (exact) mass is 332 g/mol. The van der Waals surface area contributed by atoms with Gasteiger partial charge in [-0.3, -0.25) is 0 Å². The number of hydrogen-bond acceptors (Lipinski definition) is 2. The summed E-state index contributed by atoms with van der Waals surface area (Å²) in [5.74, 6) is 0. The van der Waals surface area contributed by atoms with Crippen molar-refractivity contribution in [2.45, 2.75) is 19.6 Å². The summed E-state index contributed by atoms with van der Waals surface area (Å²) >= 11 is 0. The Morgan fingerprint density at radius 3 is 1.64 bits per heavy atom. The van der Waals surface area contributed by atoms with Gasteiger partial charge in [0, 0.05) is 10.8 Å². The lowest BCUT2D eigenvalue weighted by Gasteiger charge is -2.21. The van der Waals surface area contributed by atoms with Crippen LogP contribution in [0.15, 0.2) is 85.0 Å². The molecule has 0 atom stereocenters. The summed E-state index contributed by atoms with van der Waals surface area (Å²) in [5.41, 5.74) is 2.64. The molecule has 4 rings (SSSR count). The minimum atomic E-state index is 0.0695. The highest BCUT2D eigenvalue weighted by molar-refractivity contribution is 5.38. The van der Waals surface area contributed by atoms with Crippen LogP contribution in [0.4, 0.5) is 0 Å². The van der Waals surface area contributed by atoms with Crippen LogP contribution < -0.4 is 0 Å². The smallest absolute Gasteiger partial charge is 0.0717 e. The van der Waals surface area contributed by atoms with Gasteiger partial charge >= 0.3 is 0 Å². The van der Waals surface area contributed by atoms with Gasteiger partial charge in [-0.2, -0.15) is 0 Å². The van der Waals surface area contributed by atoms with Crippen LogP contribution in [-0.4, -0.2) is 13.2 Å². The molecule has 0 unspecified atom stereocenters. The summed E-state index contributed by atoms with van der Waals surface area (Å²) in [5, 5.41) is 0. The van der Waals surface area contributed by atoms with Crippen molar-refractivity contribution >= 4 is 0 Å². The van der Waals surface area contributed by atoms with Crippen LogP contribution in [0.3, 0.4) is 0 Å². The van der Waals surface area contributed by atoms with Crippen LogP contribution in [0.1, 0.15) is 17.5 Å². The maximum absolute atomic E-state index is 6.09. The molecular formula is C23H24O2. The van der Waals surface area contributed by atoms with Gasteiger partial charge in [0.05, 0.1) is 26.4 Å². The third kappa shape index (κ3) is 3.46. The van der Waals surface area contributed by atoms with Gasteiger partial charge in [0.25, 0.3) is 0 Å². The molecule has 0 aromatic heterocycles. The van der Waals surface area contributed by atoms with Crippen molar-refractivity contribution in [2.75, 3.05) is 13.2 Å². The Labute approximate surface area is 149 Å². The van der Waals surface area contributed by atoms with Gasteiger partial charge in [-0.15, -0.1) is 0 Å². The molecule has 0 bridgehead atoms. The lowest BCUT2D eigenvalue weighted by molar-refractivity contribution is 0.00609. The average molecular weight is 332 g/mol. The van der Waals surface area contributed by atoms with Gasteiger partial charge in [-0.1, -0.05) is 85.0 Å². The fourth-order valence-electron chi connectivity index (χ4n) is 3.79. The molecule has 2 nitrogen and oxygen atoms in total. The van der Waals surface area contributed by atoms with Crippen molar-refractivity contribution in [1.82, 2.24) is 0 Å². The number of benzene rings is 2. The fourth-order valence-corrected chi connectivity index (χ4v) is 3.79. The number of rotatable bonds is 8. The first kappa shape index (κ1) is 16.3. The van der Waals surface area contributed by atoms with Crippen LogP contribution in [0, 0.1) is 10.8 Å². The van der Waals surface area contributed by atoms with E-state index in [0.29, 0.717) is 13.2 Å². The van der Waals surface area contributed by atoms with E-state index >= 15 is 0 Å². The predicted octanol–water partition coefficient (Wildman–Crippen LogP) is 4.92. The zero-order valence-corrected chi connectivity index (χ0v) is 14.4. The topological polar surface area (TPSA) is 18.5 Å². The van der Waals surface area contributed by atoms with Gasteiger partial charge in [0.1, 0.15) is 0 Å². The SMILES string of the molecule is C1=CC2(C=C1)CC2(COCc1ccccc1)COCc1ccccc1. The van der Waals surface area contributed by atoms with Crippen molar-refractivity contribution < 1.29 is 9.47 Å². The molecule has 0 aliphatic heterocycles. The van der Waals surface area contributed by atoms with Crippen molar-refractivity contribution in [3.05, 3.63) is 96.1 Å². The lowest BCUT2D eigenvalue weighted by atomic mass is 9.95. The van der Waals surface area contributed by atoms with Crippen LogP contribution in [0.2, 0.25) is 0 Å². The van der Waals surface area contributed by atoms with E-state index < -0.39 is 0 Å². The minimum absolute atomic E-state index is 0.0695. The van der Waals surface area contributed by atoms with E-state index in [1.165, 1.54) is 11.1 Å². The zero-order valence-electron chi connectivity index (χ0n) is 14.4. The molecule has 1 saturated carbocycles. The highest BCUT2D eigenvalue weighted by Crippen LogP contribution is 2.67. The molecule has 0 N–H and O–H groups in total. The Morgan fingerprint density at radius 2 is 1.16 bits per heavy atom. The van der Waals surface area contributed by atoms with E-state index in [0.717, 1.165) is 19.6 Å². The van der Waals surface area contributed by atoms with E-state index in [1.807, 2.05) is 12.1 Å². The molecule has 0 radical (unpaired) electrons. The number of ether oxygens (including phenoxy) is 2. The van der Waals surface area contributed by atoms with Crippen LogP contribution in [0.25, 0.3) is 0 Å². The van der Waals surface area contributed by atoms with Crippen molar-refractivity contribution in [2.24, 2.45) is 10.8 Å². The minimum Gasteiger partial charge on any atom is -0.376 e. The van der Waals surface area contributed by atoms with Crippen molar-refractivity contribution in [3.8, 4) is 0 Å². The third-order valence-corrected chi connectivity index (χ3v) is 5.37. The second-order valence-electron chi connectivity index (χ2n) is 7.17. The molecule has 2 aliphatic carbocycles. The van der Waals surface area contributed by atoms with Gasteiger partial charge in [0.15, 0.2) is 0 Å². The van der Waals surface area contributed by atoms with E-state index in [9.17, 15) is 0 Å². The lowest BCUT2D eigenvalue weighted by Crippen LogP contribution is -2.23. The Morgan fingerprint density at radius 1 is 0.680 bits per heavy atom. The largest absolute Gasteiger partial charge is 0.376 e. The summed E-state index contributed by atoms with van der Waals surface area (Å²) in [7, 11) is 0. The summed E-state index contributed by atoms with van der Waals surface area (Å²) in [4.78, 5) is 0. The second-order valence-corrected chi connectivity index (χ2v) is 7.17. The Kier molecular flexibility index (Phi) is 4.56. The molecule has 2 aromatic carbocycles. The first-order valence-electron chi connectivity index (χ1n) is 8.92. The van der Waals surface area contributed by atoms with Gasteiger partial charge in [-0.25, -0.2) is 0 Å². The van der Waals surface area contributed by atoms with E-state index in [1.54, 1.807) is 0 Å². The Bertz CT molecular complexity index is 689. The third-order valence-electron chi connectivity index (χ3n) is 5.37. The second kappa shape index (κ2) is 6.99. The maximum atomic E-state index is 6.09. The highest BCUT2D eigenvalue weighted by Gasteiger charge is 2.65. The summed E-state index contributed by atoms with van der Waals surface area (Å²) < 4.78 is 12.2. The molecule has 0 amide bonds. The Balaban J connectivity index is 1.35. The molecule has 128 valence electrons. The average Bonchev–Trinajstić information content (AvgIpc) is 3.00. The standard InChI is InChI=1S/C23H24O2/c1-3-9-20(10-4-1)15-24-18-23(17-22(23)13-7-8-14-22)19-25-16-21-11-5-2-6-12-21/h1-14H,15-19H2. The normalized spacial score (nSPS) is 18.7. The van der Waals surface area contributed by atoms with Gasteiger partial charge < -0.3 is 9.47 Å². The molecular weight excluding hydrogens is 308 g/mol. The van der Waals surface area contributed by atoms with Gasteiger partial charge in [0.2, 0.25) is 0 Å². The predicted molar refractivity (Wildman–Crippen MR) is 100.0 cm³/mol. The van der Waals surface area contributed by atoms with Gasteiger partial charge in [-0.05, 0) is 17.5 Å². The highest BCUT2D eigenvalue weighted by atomic mass is 16.5. The Hall–Kier alpha value is -2.16. The van der Waals surface area contributed by atoms with E-state index in [4.69, 9.17) is 9.47 Å². The van der Waals surface area contributed by atoms with E-state index in [2.05, 4.69) is 72.8 Å². The summed E-state index contributed by atoms with van der Waals surface area (Å²) in [6, 6.07) is 20.7. The van der Waals surface area contributed by atoms with Crippen molar-refractivity contribution in [1.29, 1.82) is 0 Å². The number of allylic oxidation sites excluding steroid dienone is 4. The molecule has 25 heavy (non-hydrogen) atoms. The van der Waals surface area contributed by atoms with Crippen LogP contribution in [-0.2, 0) is 22.7 Å². The maximum Gasteiger partial charge on any atom is 0.0717 e. The van der Waals surface area contributed by atoms with Crippen LogP contribution in [0.5, 0.6) is 0 Å². The molecule has 2 aliphatic rings. The summed E-state index contributed by atoms with van der Waals surface area (Å²) in [6.45, 7) is 2.77. The molecule has 0 saturated heterocycles.